The van der Waals surface area contributed by atoms with Crippen LogP contribution in [-0.4, -0.2) is 21.7 Å². The Labute approximate surface area is 200 Å². The topological polar surface area (TPSA) is 46.9 Å². The molecule has 33 heavy (non-hydrogen) atoms. The van der Waals surface area contributed by atoms with Crippen molar-refractivity contribution in [1.82, 2.24) is 14.9 Å². The highest BCUT2D eigenvalue weighted by Gasteiger charge is 2.25. The molecule has 0 saturated carbocycles. The Kier molecular flexibility index (Phi) is 7.30. The van der Waals surface area contributed by atoms with Crippen LogP contribution in [0.25, 0.3) is 22.6 Å². The maximum absolute atomic E-state index is 13.7. The molecular weight excluding hydrogens is 426 g/mol. The zero-order valence-electron chi connectivity index (χ0n) is 19.3. The summed E-state index contributed by atoms with van der Waals surface area (Å²) in [4.78, 5) is 19.8. The molecule has 4 aromatic rings. The first-order chi connectivity index (χ1) is 16.1. The van der Waals surface area contributed by atoms with Gasteiger partial charge in [0.05, 0.1) is 6.04 Å². The van der Waals surface area contributed by atoms with Crippen molar-refractivity contribution < 1.29 is 4.79 Å². The van der Waals surface area contributed by atoms with Gasteiger partial charge in [0.25, 0.3) is 5.91 Å². The number of thioether (sulfide) groups is 1. The molecule has 5 heteroatoms. The molecule has 0 bridgehead atoms. The monoisotopic (exact) mass is 455 g/mol. The van der Waals surface area contributed by atoms with Gasteiger partial charge in [-0.25, -0.2) is 4.98 Å². The highest BCUT2D eigenvalue weighted by molar-refractivity contribution is 7.98. The average molecular weight is 456 g/mol. The van der Waals surface area contributed by atoms with Gasteiger partial charge >= 0.3 is 0 Å². The number of amides is 1. The molecule has 4 nitrogen and oxygen atoms in total. The number of benzene rings is 3. The van der Waals surface area contributed by atoms with Crippen molar-refractivity contribution in [3.63, 3.8) is 0 Å². The van der Waals surface area contributed by atoms with E-state index in [0.717, 1.165) is 40.3 Å². The first-order valence-electron chi connectivity index (χ1n) is 11.2. The van der Waals surface area contributed by atoms with Gasteiger partial charge in [-0.2, -0.15) is 0 Å². The van der Waals surface area contributed by atoms with Crippen LogP contribution < -0.4 is 5.32 Å². The number of carbonyl (C=O) groups is 1. The third-order valence-electron chi connectivity index (χ3n) is 5.77. The van der Waals surface area contributed by atoms with Crippen molar-refractivity contribution in [3.05, 3.63) is 96.2 Å². The number of nitrogens with zero attached hydrogens (tertiary/aromatic N) is 2. The molecule has 1 amide bonds. The quantitative estimate of drug-likeness (QED) is 0.299. The molecule has 1 atom stereocenters. The molecular formula is C28H29N3OS. The summed E-state index contributed by atoms with van der Waals surface area (Å²) in [6, 6.07) is 28.3. The third kappa shape index (κ3) is 5.04. The highest BCUT2D eigenvalue weighted by Crippen LogP contribution is 2.31. The number of nitrogens with one attached hydrogen (secondary N) is 1. The predicted molar refractivity (Wildman–Crippen MR) is 137 cm³/mol. The Balaban J connectivity index is 1.80. The Morgan fingerprint density at radius 1 is 0.970 bits per heavy atom. The number of carbonyl (C=O) groups excluding carboxylic acids is 1. The van der Waals surface area contributed by atoms with E-state index in [4.69, 9.17) is 4.98 Å². The molecule has 0 aliphatic heterocycles. The maximum atomic E-state index is 13.7. The summed E-state index contributed by atoms with van der Waals surface area (Å²) in [6.07, 6.45) is 3.90. The fraction of sp³-hybridized carbons (Fsp3) is 0.214. The van der Waals surface area contributed by atoms with E-state index < -0.39 is 0 Å². The van der Waals surface area contributed by atoms with Crippen LogP contribution in [0.3, 0.4) is 0 Å². The number of imidazole rings is 1. The van der Waals surface area contributed by atoms with E-state index in [9.17, 15) is 4.79 Å². The van der Waals surface area contributed by atoms with E-state index in [2.05, 4.69) is 42.8 Å². The molecule has 1 heterocycles. The molecule has 0 fully saturated rings. The second-order valence-electron chi connectivity index (χ2n) is 8.02. The fourth-order valence-electron chi connectivity index (χ4n) is 4.10. The zero-order chi connectivity index (χ0) is 23.2. The number of aromatic nitrogens is 2. The van der Waals surface area contributed by atoms with E-state index in [1.54, 1.807) is 11.8 Å². The van der Waals surface area contributed by atoms with Gasteiger partial charge in [0.15, 0.2) is 0 Å². The number of rotatable bonds is 8. The Hall–Kier alpha value is -3.31. The van der Waals surface area contributed by atoms with Crippen LogP contribution in [0.1, 0.15) is 41.9 Å². The van der Waals surface area contributed by atoms with Gasteiger partial charge in [0.2, 0.25) is 0 Å². The van der Waals surface area contributed by atoms with Crippen molar-refractivity contribution in [3.8, 4) is 22.6 Å². The molecule has 3 aromatic carbocycles. The zero-order valence-corrected chi connectivity index (χ0v) is 20.1. The van der Waals surface area contributed by atoms with Crippen LogP contribution >= 0.6 is 11.8 Å². The van der Waals surface area contributed by atoms with Crippen LogP contribution in [0, 0.1) is 0 Å². The molecule has 1 unspecified atom stereocenters. The van der Waals surface area contributed by atoms with Crippen LogP contribution in [0.2, 0.25) is 0 Å². The summed E-state index contributed by atoms with van der Waals surface area (Å²) in [6.45, 7) is 2.14. The molecule has 0 radical (unpaired) electrons. The van der Waals surface area contributed by atoms with Crippen molar-refractivity contribution in [2.24, 2.45) is 7.05 Å². The molecule has 0 aliphatic carbocycles. The molecule has 4 rings (SSSR count). The van der Waals surface area contributed by atoms with Crippen LogP contribution in [0.5, 0.6) is 0 Å². The summed E-state index contributed by atoms with van der Waals surface area (Å²) in [7, 11) is 1.92. The Bertz CT molecular complexity index is 1220. The van der Waals surface area contributed by atoms with Crippen LogP contribution in [-0.2, 0) is 7.05 Å². The molecule has 0 aliphatic rings. The SMILES string of the molecule is CCCC(NC(=O)c1c(-c2cccc(SC)c2)nc(-c2ccccc2)n1C)c1ccccc1. The molecule has 1 aromatic heterocycles. The van der Waals surface area contributed by atoms with Gasteiger partial charge in [0.1, 0.15) is 17.2 Å². The first kappa shape index (κ1) is 22.9. The highest BCUT2D eigenvalue weighted by atomic mass is 32.2. The van der Waals surface area contributed by atoms with E-state index in [1.165, 1.54) is 0 Å². The smallest absolute Gasteiger partial charge is 0.270 e. The fourth-order valence-corrected chi connectivity index (χ4v) is 4.56. The Morgan fingerprint density at radius 2 is 1.64 bits per heavy atom. The molecule has 0 saturated heterocycles. The van der Waals surface area contributed by atoms with Crippen molar-refractivity contribution in [2.45, 2.75) is 30.7 Å². The first-order valence-corrected chi connectivity index (χ1v) is 12.5. The van der Waals surface area contributed by atoms with Crippen molar-refractivity contribution >= 4 is 17.7 Å². The van der Waals surface area contributed by atoms with Gasteiger partial charge in [0, 0.05) is 23.1 Å². The third-order valence-corrected chi connectivity index (χ3v) is 6.50. The normalized spacial score (nSPS) is 11.8. The van der Waals surface area contributed by atoms with E-state index >= 15 is 0 Å². The van der Waals surface area contributed by atoms with Gasteiger partial charge in [-0.05, 0) is 30.4 Å². The van der Waals surface area contributed by atoms with Gasteiger partial charge < -0.3 is 9.88 Å². The molecule has 1 N–H and O–H groups in total. The lowest BCUT2D eigenvalue weighted by Gasteiger charge is -2.19. The second-order valence-corrected chi connectivity index (χ2v) is 8.89. The summed E-state index contributed by atoms with van der Waals surface area (Å²) in [5, 5.41) is 3.29. The average Bonchev–Trinajstić information content (AvgIpc) is 3.22. The molecule has 168 valence electrons. The molecule has 0 spiro atoms. The predicted octanol–water partition coefficient (Wildman–Crippen LogP) is 6.75. The van der Waals surface area contributed by atoms with Crippen molar-refractivity contribution in [2.75, 3.05) is 6.26 Å². The minimum atomic E-state index is -0.112. The number of hydrogen-bond donors (Lipinski definition) is 1. The second kappa shape index (κ2) is 10.5. The minimum absolute atomic E-state index is 0.0517. The standard InChI is InChI=1S/C28H29N3OS/c1-4-12-24(20-13-7-5-8-14-20)29-28(32)26-25(22-17-11-18-23(19-22)33-3)30-27(31(26)2)21-15-9-6-10-16-21/h5-11,13-19,24H,4,12H2,1-3H3,(H,29,32). The van der Waals surface area contributed by atoms with E-state index in [0.29, 0.717) is 11.4 Å². The largest absolute Gasteiger partial charge is 0.344 e. The lowest BCUT2D eigenvalue weighted by molar-refractivity contribution is 0.0927. The lowest BCUT2D eigenvalue weighted by atomic mass is 10.0. The summed E-state index contributed by atoms with van der Waals surface area (Å²) in [5.41, 5.74) is 4.31. The van der Waals surface area contributed by atoms with Crippen LogP contribution in [0.15, 0.2) is 89.8 Å². The van der Waals surface area contributed by atoms with Crippen molar-refractivity contribution in [1.29, 1.82) is 0 Å². The van der Waals surface area contributed by atoms with Crippen LogP contribution in [0.4, 0.5) is 0 Å². The maximum Gasteiger partial charge on any atom is 0.270 e. The summed E-state index contributed by atoms with van der Waals surface area (Å²) < 4.78 is 1.92. The van der Waals surface area contributed by atoms with E-state index in [-0.39, 0.29) is 11.9 Å². The summed E-state index contributed by atoms with van der Waals surface area (Å²) >= 11 is 1.68. The van der Waals surface area contributed by atoms with Gasteiger partial charge in [-0.3, -0.25) is 4.79 Å². The summed E-state index contributed by atoms with van der Waals surface area (Å²) in [5.74, 6) is 0.663. The number of hydrogen-bond acceptors (Lipinski definition) is 3. The lowest BCUT2D eigenvalue weighted by Crippen LogP contribution is -2.30. The Morgan fingerprint density at radius 3 is 2.30 bits per heavy atom. The van der Waals surface area contributed by atoms with Gasteiger partial charge in [-0.1, -0.05) is 86.1 Å². The van der Waals surface area contributed by atoms with Gasteiger partial charge in [-0.15, -0.1) is 11.8 Å². The minimum Gasteiger partial charge on any atom is -0.344 e. The van der Waals surface area contributed by atoms with E-state index in [1.807, 2.05) is 72.3 Å².